The molecule has 0 saturated heterocycles. The number of carbonyl (C=O) groups is 3. The number of aromatic nitrogens is 1. The summed E-state index contributed by atoms with van der Waals surface area (Å²) in [6, 6.07) is 9.58. The zero-order valence-corrected chi connectivity index (χ0v) is 24.8. The minimum Gasteiger partial charge on any atom is -0.469 e. The predicted octanol–water partition coefficient (Wildman–Crippen LogP) is 5.51. The van der Waals surface area contributed by atoms with E-state index >= 15 is 0 Å². The first-order valence-corrected chi connectivity index (χ1v) is 14.0. The second kappa shape index (κ2) is 14.3. The lowest BCUT2D eigenvalue weighted by Gasteiger charge is -2.33. The third-order valence-corrected chi connectivity index (χ3v) is 7.20. The Kier molecular flexibility index (Phi) is 11.8. The fourth-order valence-corrected chi connectivity index (χ4v) is 5.11. The zero-order chi connectivity index (χ0) is 28.5. The van der Waals surface area contributed by atoms with Crippen LogP contribution in [0.2, 0.25) is 0 Å². The molecule has 1 heterocycles. The van der Waals surface area contributed by atoms with Gasteiger partial charge in [-0.3, -0.25) is 9.59 Å². The van der Waals surface area contributed by atoms with E-state index < -0.39 is 5.60 Å². The highest BCUT2D eigenvalue weighted by molar-refractivity contribution is 7.09. The predicted molar refractivity (Wildman–Crippen MR) is 150 cm³/mol. The van der Waals surface area contributed by atoms with Gasteiger partial charge in [-0.2, -0.15) is 0 Å². The van der Waals surface area contributed by atoms with Gasteiger partial charge in [-0.15, -0.1) is 11.3 Å². The molecule has 0 aliphatic rings. The van der Waals surface area contributed by atoms with Gasteiger partial charge in [0.2, 0.25) is 0 Å². The van der Waals surface area contributed by atoms with Crippen LogP contribution in [-0.2, 0) is 27.1 Å². The average molecular weight is 546 g/mol. The maximum Gasteiger partial charge on any atom is 0.410 e. The number of benzene rings is 1. The van der Waals surface area contributed by atoms with Crippen molar-refractivity contribution in [1.29, 1.82) is 0 Å². The summed E-state index contributed by atoms with van der Waals surface area (Å²) < 4.78 is 10.4. The number of aryl methyl sites for hydroxylation is 1. The number of rotatable bonds is 12. The van der Waals surface area contributed by atoms with Crippen LogP contribution >= 0.6 is 11.3 Å². The highest BCUT2D eigenvalue weighted by atomic mass is 32.1. The smallest absolute Gasteiger partial charge is 0.410 e. The molecule has 1 N–H and O–H groups in total. The van der Waals surface area contributed by atoms with Crippen molar-refractivity contribution in [3.05, 3.63) is 52.0 Å². The number of thiazole rings is 1. The van der Waals surface area contributed by atoms with Gasteiger partial charge >= 0.3 is 12.1 Å². The number of carbonyl (C=O) groups excluding carboxylic acids is 3. The Hall–Kier alpha value is -2.94. The number of esters is 1. The molecule has 210 valence electrons. The summed E-state index contributed by atoms with van der Waals surface area (Å²) in [5.41, 5.74) is 0.871. The minimum absolute atomic E-state index is 0.0268. The molecule has 0 aliphatic carbocycles. The van der Waals surface area contributed by atoms with E-state index in [1.165, 1.54) is 18.4 Å². The molecule has 9 heteroatoms. The molecule has 0 spiro atoms. The summed E-state index contributed by atoms with van der Waals surface area (Å²) in [4.78, 5) is 43.9. The van der Waals surface area contributed by atoms with Crippen molar-refractivity contribution >= 4 is 29.3 Å². The first kappa shape index (κ1) is 31.3. The molecule has 8 nitrogen and oxygen atoms in total. The molecule has 0 radical (unpaired) electrons. The summed E-state index contributed by atoms with van der Waals surface area (Å²) in [6.07, 6.45) is 2.05. The zero-order valence-electron chi connectivity index (χ0n) is 23.9. The third-order valence-electron chi connectivity index (χ3n) is 6.29. The third kappa shape index (κ3) is 10.1. The maximum absolute atomic E-state index is 13.1. The Balaban J connectivity index is 2.05. The molecule has 2 aromatic rings. The number of hydrogen-bond donors (Lipinski definition) is 1. The molecule has 3 atom stereocenters. The van der Waals surface area contributed by atoms with Crippen LogP contribution in [0.25, 0.3) is 0 Å². The van der Waals surface area contributed by atoms with Gasteiger partial charge < -0.3 is 19.7 Å². The molecular formula is C29H43N3O5S. The van der Waals surface area contributed by atoms with Gasteiger partial charge in [-0.05, 0) is 51.5 Å². The number of hydrogen-bond acceptors (Lipinski definition) is 7. The van der Waals surface area contributed by atoms with Gasteiger partial charge in [0.05, 0.1) is 18.0 Å². The van der Waals surface area contributed by atoms with Crippen molar-refractivity contribution in [2.45, 2.75) is 84.9 Å². The number of nitrogens with one attached hydrogen (secondary N) is 1. The van der Waals surface area contributed by atoms with E-state index in [4.69, 9.17) is 9.47 Å². The standard InChI is InChI=1S/C29H43N3O5S/c1-19(2)24(32(7)28(35)37-29(4,5)6)14-15-25-31-23(18-38-25)26(33)30-22(16-20(3)27(34)36-8)17-21-12-10-9-11-13-21/h9-13,18-20,22,24H,14-17H2,1-8H3,(H,30,33). The van der Waals surface area contributed by atoms with Crippen molar-refractivity contribution in [2.75, 3.05) is 14.2 Å². The van der Waals surface area contributed by atoms with Crippen LogP contribution in [-0.4, -0.2) is 59.7 Å². The van der Waals surface area contributed by atoms with Crippen LogP contribution in [0.15, 0.2) is 35.7 Å². The van der Waals surface area contributed by atoms with Gasteiger partial charge in [0, 0.05) is 30.9 Å². The Morgan fingerprint density at radius 3 is 2.34 bits per heavy atom. The Bertz CT molecular complexity index is 1050. The molecular weight excluding hydrogens is 502 g/mol. The number of methoxy groups -OCH3 is 1. The molecule has 2 rings (SSSR count). The normalized spacial score (nSPS) is 13.9. The molecule has 2 amide bonds. The molecule has 3 unspecified atom stereocenters. The topological polar surface area (TPSA) is 97.8 Å². The molecule has 1 aromatic carbocycles. The number of nitrogens with zero attached hydrogens (tertiary/aromatic N) is 2. The van der Waals surface area contributed by atoms with E-state index in [9.17, 15) is 14.4 Å². The van der Waals surface area contributed by atoms with Crippen molar-refractivity contribution in [1.82, 2.24) is 15.2 Å². The molecule has 0 saturated carbocycles. The highest BCUT2D eigenvalue weighted by Gasteiger charge is 2.28. The van der Waals surface area contributed by atoms with E-state index in [0.29, 0.717) is 31.4 Å². The van der Waals surface area contributed by atoms with Crippen molar-refractivity contribution in [3.63, 3.8) is 0 Å². The van der Waals surface area contributed by atoms with E-state index in [-0.39, 0.29) is 41.9 Å². The van der Waals surface area contributed by atoms with Crippen molar-refractivity contribution < 1.29 is 23.9 Å². The van der Waals surface area contributed by atoms with Crippen LogP contribution in [0.5, 0.6) is 0 Å². The van der Waals surface area contributed by atoms with Gasteiger partial charge in [-0.25, -0.2) is 9.78 Å². The first-order chi connectivity index (χ1) is 17.8. The fourth-order valence-electron chi connectivity index (χ4n) is 4.32. The Morgan fingerprint density at radius 2 is 1.76 bits per heavy atom. The quantitative estimate of drug-likeness (QED) is 0.353. The van der Waals surface area contributed by atoms with Gasteiger partial charge in [0.25, 0.3) is 5.91 Å². The second-order valence-electron chi connectivity index (χ2n) is 11.1. The van der Waals surface area contributed by atoms with Crippen molar-refractivity contribution in [3.8, 4) is 0 Å². The van der Waals surface area contributed by atoms with Gasteiger partial charge in [-0.1, -0.05) is 51.1 Å². The maximum atomic E-state index is 13.1. The second-order valence-corrected chi connectivity index (χ2v) is 12.0. The van der Waals surface area contributed by atoms with E-state index in [1.807, 2.05) is 51.1 Å². The molecule has 38 heavy (non-hydrogen) atoms. The molecule has 0 bridgehead atoms. The summed E-state index contributed by atoms with van der Waals surface area (Å²) >= 11 is 1.43. The lowest BCUT2D eigenvalue weighted by molar-refractivity contribution is -0.145. The van der Waals surface area contributed by atoms with Crippen LogP contribution in [0.4, 0.5) is 4.79 Å². The largest absolute Gasteiger partial charge is 0.469 e. The number of amides is 2. The Morgan fingerprint density at radius 1 is 1.11 bits per heavy atom. The van der Waals surface area contributed by atoms with Gasteiger partial charge in [0.1, 0.15) is 11.3 Å². The van der Waals surface area contributed by atoms with E-state index in [1.54, 1.807) is 24.3 Å². The summed E-state index contributed by atoms with van der Waals surface area (Å²) in [7, 11) is 3.14. The summed E-state index contributed by atoms with van der Waals surface area (Å²) in [5.74, 6) is -0.693. The Labute approximate surface area is 231 Å². The summed E-state index contributed by atoms with van der Waals surface area (Å²) in [6.45, 7) is 11.5. The van der Waals surface area contributed by atoms with E-state index in [0.717, 1.165) is 10.6 Å². The lowest BCUT2D eigenvalue weighted by Crippen LogP contribution is -2.43. The van der Waals surface area contributed by atoms with Crippen LogP contribution in [0, 0.1) is 11.8 Å². The SMILES string of the molecule is COC(=O)C(C)CC(Cc1ccccc1)NC(=O)c1csc(CCC(C(C)C)N(C)C(=O)OC(C)(C)C)n1. The average Bonchev–Trinajstić information content (AvgIpc) is 3.32. The fraction of sp³-hybridized carbons (Fsp3) is 0.586. The first-order valence-electron chi connectivity index (χ1n) is 13.1. The monoisotopic (exact) mass is 545 g/mol. The minimum atomic E-state index is -0.558. The lowest BCUT2D eigenvalue weighted by atomic mass is 9.96. The highest BCUT2D eigenvalue weighted by Crippen LogP contribution is 2.21. The van der Waals surface area contributed by atoms with Crippen LogP contribution in [0.1, 0.15) is 75.4 Å². The van der Waals surface area contributed by atoms with Gasteiger partial charge in [0.15, 0.2) is 0 Å². The molecule has 0 aliphatic heterocycles. The number of ether oxygens (including phenoxy) is 2. The van der Waals surface area contributed by atoms with Crippen LogP contribution < -0.4 is 5.32 Å². The van der Waals surface area contributed by atoms with E-state index in [2.05, 4.69) is 24.1 Å². The molecule has 0 fully saturated rings. The van der Waals surface area contributed by atoms with Crippen LogP contribution in [0.3, 0.4) is 0 Å². The summed E-state index contributed by atoms with van der Waals surface area (Å²) in [5, 5.41) is 5.67. The molecule has 1 aromatic heterocycles. The van der Waals surface area contributed by atoms with Crippen molar-refractivity contribution in [2.24, 2.45) is 11.8 Å².